The van der Waals surface area contributed by atoms with E-state index in [1.165, 1.54) is 0 Å². The van der Waals surface area contributed by atoms with Gasteiger partial charge >= 0.3 is 0 Å². The number of benzene rings is 2. The smallest absolute Gasteiger partial charge is 0.265 e. The van der Waals surface area contributed by atoms with Gasteiger partial charge in [0.2, 0.25) is 5.91 Å². The van der Waals surface area contributed by atoms with Crippen molar-refractivity contribution >= 4 is 23.2 Å². The third-order valence-corrected chi connectivity index (χ3v) is 4.53. The van der Waals surface area contributed by atoms with Gasteiger partial charge in [-0.05, 0) is 63.1 Å². The lowest BCUT2D eigenvalue weighted by atomic mass is 10.1. The van der Waals surface area contributed by atoms with Crippen molar-refractivity contribution in [2.75, 3.05) is 16.8 Å². The van der Waals surface area contributed by atoms with Gasteiger partial charge in [0.15, 0.2) is 6.10 Å². The van der Waals surface area contributed by atoms with E-state index in [-0.39, 0.29) is 11.8 Å². The fraction of sp³-hybridized carbons (Fsp3) is 0.333. The van der Waals surface area contributed by atoms with Crippen molar-refractivity contribution in [3.05, 3.63) is 53.6 Å². The van der Waals surface area contributed by atoms with E-state index in [9.17, 15) is 9.59 Å². The van der Waals surface area contributed by atoms with Gasteiger partial charge in [-0.1, -0.05) is 17.7 Å². The van der Waals surface area contributed by atoms with Crippen molar-refractivity contribution in [2.45, 2.75) is 39.7 Å². The number of rotatable bonds is 5. The van der Waals surface area contributed by atoms with Gasteiger partial charge in [0.05, 0.1) is 0 Å². The van der Waals surface area contributed by atoms with E-state index in [1.54, 1.807) is 6.92 Å². The molecule has 2 aromatic rings. The highest BCUT2D eigenvalue weighted by Crippen LogP contribution is 2.27. The molecule has 136 valence electrons. The van der Waals surface area contributed by atoms with Crippen LogP contribution in [0.1, 0.15) is 30.9 Å². The lowest BCUT2D eigenvalue weighted by Gasteiger charge is -2.20. The Kier molecular flexibility index (Phi) is 5.26. The highest BCUT2D eigenvalue weighted by Gasteiger charge is 2.23. The Balaban J connectivity index is 1.64. The average molecular weight is 352 g/mol. The minimum absolute atomic E-state index is 0.157. The Morgan fingerprint density at radius 1 is 1.15 bits per heavy atom. The third kappa shape index (κ3) is 4.04. The highest BCUT2D eigenvalue weighted by molar-refractivity contribution is 5.97. The summed E-state index contributed by atoms with van der Waals surface area (Å²) in [5, 5.41) is 2.88. The fourth-order valence-corrected chi connectivity index (χ4v) is 3.06. The molecule has 1 atom stereocenters. The highest BCUT2D eigenvalue weighted by atomic mass is 16.5. The Labute approximate surface area is 154 Å². The van der Waals surface area contributed by atoms with Gasteiger partial charge in [-0.25, -0.2) is 0 Å². The molecule has 1 N–H and O–H groups in total. The van der Waals surface area contributed by atoms with Gasteiger partial charge in [0, 0.05) is 24.3 Å². The number of hydrogen-bond donors (Lipinski definition) is 1. The molecule has 3 rings (SSSR count). The fourth-order valence-electron chi connectivity index (χ4n) is 3.06. The molecular formula is C21H24N2O3. The molecular weight excluding hydrogens is 328 g/mol. The Morgan fingerprint density at radius 2 is 1.88 bits per heavy atom. The minimum atomic E-state index is -0.613. The first-order valence-electron chi connectivity index (χ1n) is 8.89. The van der Waals surface area contributed by atoms with Crippen LogP contribution in [0.15, 0.2) is 42.5 Å². The van der Waals surface area contributed by atoms with Gasteiger partial charge in [-0.3, -0.25) is 9.59 Å². The molecule has 5 nitrogen and oxygen atoms in total. The molecule has 0 spiro atoms. The normalized spacial score (nSPS) is 15.0. The van der Waals surface area contributed by atoms with Crippen molar-refractivity contribution in [1.29, 1.82) is 0 Å². The van der Waals surface area contributed by atoms with Crippen molar-refractivity contribution < 1.29 is 14.3 Å². The standard InChI is InChI=1S/C21H24N2O3/c1-14-6-9-18(10-7-14)26-16(3)21(25)22-17-8-11-19(15(2)13-17)23-12-4-5-20(23)24/h6-11,13,16H,4-5,12H2,1-3H3,(H,22,25)/t16-/m0/s1. The van der Waals surface area contributed by atoms with E-state index in [0.29, 0.717) is 17.9 Å². The molecule has 2 aromatic carbocycles. The van der Waals surface area contributed by atoms with Crippen LogP contribution in [0.3, 0.4) is 0 Å². The zero-order valence-corrected chi connectivity index (χ0v) is 15.4. The summed E-state index contributed by atoms with van der Waals surface area (Å²) >= 11 is 0. The molecule has 26 heavy (non-hydrogen) atoms. The van der Waals surface area contributed by atoms with Gasteiger partial charge in [0.1, 0.15) is 5.75 Å². The largest absolute Gasteiger partial charge is 0.481 e. The minimum Gasteiger partial charge on any atom is -0.481 e. The van der Waals surface area contributed by atoms with Crippen molar-refractivity contribution in [3.63, 3.8) is 0 Å². The summed E-state index contributed by atoms with van der Waals surface area (Å²) in [5.41, 5.74) is 3.71. The topological polar surface area (TPSA) is 58.6 Å². The summed E-state index contributed by atoms with van der Waals surface area (Å²) in [6.07, 6.45) is 0.883. The maximum absolute atomic E-state index is 12.4. The zero-order valence-electron chi connectivity index (χ0n) is 15.4. The van der Waals surface area contributed by atoms with Crippen LogP contribution in [0, 0.1) is 13.8 Å². The molecule has 0 aliphatic carbocycles. The summed E-state index contributed by atoms with van der Waals surface area (Å²) in [5.74, 6) is 0.609. The second-order valence-electron chi connectivity index (χ2n) is 6.71. The molecule has 0 unspecified atom stereocenters. The van der Waals surface area contributed by atoms with Crippen LogP contribution in [0.4, 0.5) is 11.4 Å². The second kappa shape index (κ2) is 7.60. The van der Waals surface area contributed by atoms with E-state index >= 15 is 0 Å². The van der Waals surface area contributed by atoms with Crippen molar-refractivity contribution in [3.8, 4) is 5.75 Å². The van der Waals surface area contributed by atoms with Crippen LogP contribution in [0.25, 0.3) is 0 Å². The second-order valence-corrected chi connectivity index (χ2v) is 6.71. The lowest BCUT2D eigenvalue weighted by Crippen LogP contribution is -2.30. The third-order valence-electron chi connectivity index (χ3n) is 4.53. The monoisotopic (exact) mass is 352 g/mol. The average Bonchev–Trinajstić information content (AvgIpc) is 3.03. The quantitative estimate of drug-likeness (QED) is 0.889. The number of nitrogens with one attached hydrogen (secondary N) is 1. The molecule has 1 fully saturated rings. The first kappa shape index (κ1) is 18.0. The summed E-state index contributed by atoms with van der Waals surface area (Å²) in [7, 11) is 0. The SMILES string of the molecule is Cc1ccc(O[C@@H](C)C(=O)Nc2ccc(N3CCCC3=O)c(C)c2)cc1. The molecule has 0 saturated carbocycles. The number of aryl methyl sites for hydroxylation is 2. The van der Waals surface area contributed by atoms with Crippen molar-refractivity contribution in [1.82, 2.24) is 0 Å². The maximum Gasteiger partial charge on any atom is 0.265 e. The Morgan fingerprint density at radius 3 is 2.50 bits per heavy atom. The number of amides is 2. The number of ether oxygens (including phenoxy) is 1. The summed E-state index contributed by atoms with van der Waals surface area (Å²) in [4.78, 5) is 26.1. The number of hydrogen-bond acceptors (Lipinski definition) is 3. The number of carbonyl (C=O) groups excluding carboxylic acids is 2. The van der Waals surface area contributed by atoms with E-state index in [2.05, 4.69) is 5.32 Å². The first-order valence-corrected chi connectivity index (χ1v) is 8.89. The molecule has 1 heterocycles. The zero-order chi connectivity index (χ0) is 18.7. The van der Waals surface area contributed by atoms with Crippen molar-refractivity contribution in [2.24, 2.45) is 0 Å². The van der Waals surface area contributed by atoms with Gasteiger partial charge in [-0.15, -0.1) is 0 Å². The van der Waals surface area contributed by atoms with Crippen LogP contribution in [0.2, 0.25) is 0 Å². The summed E-state index contributed by atoms with van der Waals surface area (Å²) in [6, 6.07) is 13.2. The van der Waals surface area contributed by atoms with E-state index in [4.69, 9.17) is 4.74 Å². The number of carbonyl (C=O) groups is 2. The molecule has 2 amide bonds. The first-order chi connectivity index (χ1) is 12.4. The van der Waals surface area contributed by atoms with Gasteiger partial charge in [0.25, 0.3) is 5.91 Å². The molecule has 5 heteroatoms. The molecule has 1 saturated heterocycles. The summed E-state index contributed by atoms with van der Waals surface area (Å²) < 4.78 is 5.69. The number of anilines is 2. The van der Waals surface area contributed by atoms with Crippen LogP contribution in [-0.2, 0) is 9.59 Å². The molecule has 1 aliphatic heterocycles. The van der Waals surface area contributed by atoms with E-state index in [1.807, 2.05) is 61.2 Å². The molecule has 0 radical (unpaired) electrons. The Bertz CT molecular complexity index is 815. The van der Waals surface area contributed by atoms with E-state index in [0.717, 1.165) is 29.8 Å². The predicted molar refractivity (Wildman–Crippen MR) is 103 cm³/mol. The Hall–Kier alpha value is -2.82. The van der Waals surface area contributed by atoms with Crippen LogP contribution in [-0.4, -0.2) is 24.5 Å². The maximum atomic E-state index is 12.4. The summed E-state index contributed by atoms with van der Waals surface area (Å²) in [6.45, 7) is 6.43. The molecule has 0 bridgehead atoms. The van der Waals surface area contributed by atoms with Crippen LogP contribution >= 0.6 is 0 Å². The van der Waals surface area contributed by atoms with Crippen LogP contribution < -0.4 is 15.0 Å². The van der Waals surface area contributed by atoms with Gasteiger partial charge < -0.3 is 15.0 Å². The predicted octanol–water partition coefficient (Wildman–Crippen LogP) is 3.84. The lowest BCUT2D eigenvalue weighted by molar-refractivity contribution is -0.122. The van der Waals surface area contributed by atoms with E-state index < -0.39 is 6.10 Å². The van der Waals surface area contributed by atoms with Crippen LogP contribution in [0.5, 0.6) is 5.75 Å². The molecule has 0 aromatic heterocycles. The molecule has 1 aliphatic rings. The van der Waals surface area contributed by atoms with Gasteiger partial charge in [-0.2, -0.15) is 0 Å². The number of nitrogens with zero attached hydrogens (tertiary/aromatic N) is 1.